The summed E-state index contributed by atoms with van der Waals surface area (Å²) >= 11 is 0. The third kappa shape index (κ3) is 2.57. The van der Waals surface area contributed by atoms with Crippen LogP contribution in [0, 0.1) is 0 Å². The number of hydrogen-bond acceptors (Lipinski definition) is 5. The molecule has 1 aromatic rings. The minimum Gasteiger partial charge on any atom is -0.229 e. The fraction of sp³-hybridized carbons (Fsp3) is 0.800. The summed E-state index contributed by atoms with van der Waals surface area (Å²) in [6, 6.07) is 0. The van der Waals surface area contributed by atoms with Crippen LogP contribution in [0.2, 0.25) is 0 Å². The lowest BCUT2D eigenvalue weighted by atomic mass is 10.5. The molecule has 0 saturated carbocycles. The van der Waals surface area contributed by atoms with Gasteiger partial charge in [0.25, 0.3) is 0 Å². The van der Waals surface area contributed by atoms with Gasteiger partial charge in [-0.15, -0.1) is 10.2 Å². The normalized spacial score (nSPS) is 11.8. The minimum atomic E-state index is -2.92. The van der Waals surface area contributed by atoms with Crippen molar-refractivity contribution in [2.45, 2.75) is 13.3 Å². The van der Waals surface area contributed by atoms with Crippen molar-refractivity contribution in [1.29, 1.82) is 0 Å². The van der Waals surface area contributed by atoms with E-state index in [4.69, 9.17) is 0 Å². The van der Waals surface area contributed by atoms with Crippen molar-refractivity contribution in [3.63, 3.8) is 0 Å². The van der Waals surface area contributed by atoms with E-state index in [9.17, 15) is 8.42 Å². The fourth-order valence-corrected chi connectivity index (χ4v) is 1.46. The van der Waals surface area contributed by atoms with Crippen molar-refractivity contribution < 1.29 is 8.42 Å². The maximum atomic E-state index is 11.0. The molecular formula is C5H10N4O2S. The molecule has 0 aliphatic heterocycles. The summed E-state index contributed by atoms with van der Waals surface area (Å²) in [5.74, 6) is 0.681. The number of hydrogen-bond donors (Lipinski definition) is 1. The predicted octanol–water partition coefficient (Wildman–Crippen LogP) is -0.823. The van der Waals surface area contributed by atoms with E-state index in [1.54, 1.807) is 6.92 Å². The van der Waals surface area contributed by atoms with E-state index < -0.39 is 9.84 Å². The second-order valence-corrected chi connectivity index (χ2v) is 4.79. The first-order valence-corrected chi connectivity index (χ1v) is 5.39. The Morgan fingerprint density at radius 3 is 2.75 bits per heavy atom. The molecule has 0 spiro atoms. The highest BCUT2D eigenvalue weighted by Gasteiger charge is 2.09. The predicted molar refractivity (Wildman–Crippen MR) is 42.2 cm³/mol. The summed E-state index contributed by atoms with van der Waals surface area (Å²) in [5.41, 5.74) is 0. The van der Waals surface area contributed by atoms with Gasteiger partial charge in [-0.3, -0.25) is 0 Å². The van der Waals surface area contributed by atoms with Crippen molar-refractivity contribution in [2.24, 2.45) is 0 Å². The summed E-state index contributed by atoms with van der Waals surface area (Å²) in [6.07, 6.45) is 0.326. The summed E-state index contributed by atoms with van der Waals surface area (Å²) in [7, 11) is -2.92. The van der Waals surface area contributed by atoms with Gasteiger partial charge in [0.05, 0.1) is 5.75 Å². The first kappa shape index (κ1) is 9.11. The van der Waals surface area contributed by atoms with E-state index in [0.29, 0.717) is 12.2 Å². The molecule has 1 heterocycles. The maximum absolute atomic E-state index is 11.0. The Kier molecular flexibility index (Phi) is 2.74. The van der Waals surface area contributed by atoms with E-state index in [0.717, 1.165) is 0 Å². The van der Waals surface area contributed by atoms with E-state index >= 15 is 0 Å². The minimum absolute atomic E-state index is 0.0863. The van der Waals surface area contributed by atoms with Crippen LogP contribution >= 0.6 is 0 Å². The highest BCUT2D eigenvalue weighted by atomic mass is 32.2. The zero-order valence-corrected chi connectivity index (χ0v) is 7.50. The number of aromatic amines is 1. The van der Waals surface area contributed by atoms with Gasteiger partial charge in [-0.25, -0.2) is 8.42 Å². The Labute approximate surface area is 70.3 Å². The number of H-pyrrole nitrogens is 1. The highest BCUT2D eigenvalue weighted by Crippen LogP contribution is 1.94. The quantitative estimate of drug-likeness (QED) is 0.669. The van der Waals surface area contributed by atoms with Crippen molar-refractivity contribution in [2.75, 3.05) is 11.5 Å². The first-order valence-electron chi connectivity index (χ1n) is 3.57. The van der Waals surface area contributed by atoms with E-state index in [1.807, 2.05) is 0 Å². The van der Waals surface area contributed by atoms with Crippen LogP contribution < -0.4 is 0 Å². The van der Waals surface area contributed by atoms with Crippen LogP contribution in [0.1, 0.15) is 12.7 Å². The van der Waals surface area contributed by atoms with Crippen molar-refractivity contribution >= 4 is 9.84 Å². The SMILES string of the molecule is CCS(=O)(=O)CCc1nn[nH]n1. The summed E-state index contributed by atoms with van der Waals surface area (Å²) in [6.45, 7) is 1.62. The number of sulfone groups is 1. The van der Waals surface area contributed by atoms with Crippen molar-refractivity contribution in [1.82, 2.24) is 20.6 Å². The third-order valence-electron chi connectivity index (χ3n) is 1.47. The van der Waals surface area contributed by atoms with Crippen LogP contribution in [0.25, 0.3) is 0 Å². The molecule has 0 saturated heterocycles. The molecule has 0 amide bonds. The molecule has 68 valence electrons. The number of aromatic nitrogens is 4. The molecule has 1 aromatic heterocycles. The number of nitrogens with one attached hydrogen (secondary N) is 1. The Balaban J connectivity index is 2.47. The standard InChI is InChI=1S/C5H10N4O2S/c1-2-12(10,11)4-3-5-6-8-9-7-5/h2-4H2,1H3,(H,6,7,8,9). The monoisotopic (exact) mass is 190 g/mol. The lowest BCUT2D eigenvalue weighted by Gasteiger charge is -1.95. The van der Waals surface area contributed by atoms with E-state index in [1.165, 1.54) is 0 Å². The largest absolute Gasteiger partial charge is 0.229 e. The Morgan fingerprint density at radius 1 is 1.50 bits per heavy atom. The van der Waals surface area contributed by atoms with Crippen LogP contribution in [0.3, 0.4) is 0 Å². The lowest BCUT2D eigenvalue weighted by Crippen LogP contribution is -2.11. The highest BCUT2D eigenvalue weighted by molar-refractivity contribution is 7.91. The third-order valence-corrected chi connectivity index (χ3v) is 3.17. The molecule has 0 aliphatic rings. The number of tetrazole rings is 1. The zero-order valence-electron chi connectivity index (χ0n) is 6.69. The van der Waals surface area contributed by atoms with Gasteiger partial charge in [-0.05, 0) is 0 Å². The molecule has 0 aliphatic carbocycles. The molecule has 12 heavy (non-hydrogen) atoms. The van der Waals surface area contributed by atoms with Gasteiger partial charge in [0.2, 0.25) is 0 Å². The zero-order chi connectivity index (χ0) is 9.03. The average molecular weight is 190 g/mol. The molecule has 0 radical (unpaired) electrons. The summed E-state index contributed by atoms with van der Waals surface area (Å²) in [4.78, 5) is 0. The van der Waals surface area contributed by atoms with Crippen LogP contribution in [-0.4, -0.2) is 40.5 Å². The molecule has 0 fully saturated rings. The molecule has 6 nitrogen and oxygen atoms in total. The van der Waals surface area contributed by atoms with Gasteiger partial charge in [0.1, 0.15) is 9.84 Å². The van der Waals surface area contributed by atoms with Crippen molar-refractivity contribution in [3.05, 3.63) is 5.82 Å². The molecule has 0 atom stereocenters. The fourth-order valence-electron chi connectivity index (χ4n) is 0.680. The molecule has 1 rings (SSSR count). The van der Waals surface area contributed by atoms with Gasteiger partial charge in [0.15, 0.2) is 5.82 Å². The van der Waals surface area contributed by atoms with Crippen LogP contribution in [0.5, 0.6) is 0 Å². The second-order valence-electron chi connectivity index (χ2n) is 2.31. The van der Waals surface area contributed by atoms with Gasteiger partial charge in [-0.1, -0.05) is 12.1 Å². The molecule has 0 bridgehead atoms. The number of aryl methyl sites for hydroxylation is 1. The van der Waals surface area contributed by atoms with Crippen molar-refractivity contribution in [3.8, 4) is 0 Å². The average Bonchev–Trinajstić information content (AvgIpc) is 2.53. The van der Waals surface area contributed by atoms with E-state index in [2.05, 4.69) is 20.6 Å². The summed E-state index contributed by atoms with van der Waals surface area (Å²) < 4.78 is 22.0. The number of rotatable bonds is 4. The summed E-state index contributed by atoms with van der Waals surface area (Å²) in [5, 5.41) is 12.9. The molecule has 1 N–H and O–H groups in total. The van der Waals surface area contributed by atoms with Gasteiger partial charge in [0, 0.05) is 12.2 Å². The first-order chi connectivity index (χ1) is 5.64. The second kappa shape index (κ2) is 3.61. The van der Waals surface area contributed by atoms with Crippen LogP contribution in [0.4, 0.5) is 0 Å². The lowest BCUT2D eigenvalue weighted by molar-refractivity contribution is 0.595. The molecule has 7 heteroatoms. The van der Waals surface area contributed by atoms with Gasteiger partial charge >= 0.3 is 0 Å². The number of nitrogens with zero attached hydrogens (tertiary/aromatic N) is 3. The Bertz CT molecular complexity index is 317. The van der Waals surface area contributed by atoms with Crippen LogP contribution in [-0.2, 0) is 16.3 Å². The molecule has 0 aromatic carbocycles. The van der Waals surface area contributed by atoms with E-state index in [-0.39, 0.29) is 11.5 Å². The van der Waals surface area contributed by atoms with Gasteiger partial charge < -0.3 is 0 Å². The van der Waals surface area contributed by atoms with Crippen LogP contribution in [0.15, 0.2) is 0 Å². The Morgan fingerprint density at radius 2 is 2.25 bits per heavy atom. The smallest absolute Gasteiger partial charge is 0.175 e. The topological polar surface area (TPSA) is 88.6 Å². The molecular weight excluding hydrogens is 180 g/mol. The Hall–Kier alpha value is -0.980. The maximum Gasteiger partial charge on any atom is 0.175 e. The molecule has 0 unspecified atom stereocenters. The van der Waals surface area contributed by atoms with Gasteiger partial charge in [-0.2, -0.15) is 5.21 Å².